The van der Waals surface area contributed by atoms with Crippen LogP contribution >= 0.6 is 0 Å². The molecule has 1 N–H and O–H groups in total. The molecular formula is C10H20O5. The van der Waals surface area contributed by atoms with E-state index in [2.05, 4.69) is 0 Å². The zero-order valence-corrected chi connectivity index (χ0v) is 9.67. The topological polar surface area (TPSA) is 57.2 Å². The van der Waals surface area contributed by atoms with E-state index in [9.17, 15) is 5.11 Å². The summed E-state index contributed by atoms with van der Waals surface area (Å²) in [5, 5.41) is 10.00. The van der Waals surface area contributed by atoms with E-state index in [-0.39, 0.29) is 12.0 Å². The summed E-state index contributed by atoms with van der Waals surface area (Å²) >= 11 is 0. The van der Waals surface area contributed by atoms with Gasteiger partial charge in [-0.15, -0.1) is 0 Å². The van der Waals surface area contributed by atoms with E-state index in [1.54, 1.807) is 7.11 Å². The number of aliphatic hydroxyl groups excluding tert-OH is 1. The zero-order chi connectivity index (χ0) is 11.4. The van der Waals surface area contributed by atoms with Gasteiger partial charge in [-0.05, 0) is 0 Å². The van der Waals surface area contributed by atoms with Crippen LogP contribution in [0.25, 0.3) is 0 Å². The molecule has 5 nitrogen and oxygen atoms in total. The van der Waals surface area contributed by atoms with Gasteiger partial charge in [0.25, 0.3) is 0 Å². The molecule has 90 valence electrons. The number of hydrogen-bond acceptors (Lipinski definition) is 5. The van der Waals surface area contributed by atoms with Crippen molar-refractivity contribution >= 4 is 0 Å². The average molecular weight is 220 g/mol. The summed E-state index contributed by atoms with van der Waals surface area (Å²) in [6.45, 7) is 2.35. The van der Waals surface area contributed by atoms with Gasteiger partial charge in [-0.1, -0.05) is 6.92 Å². The highest BCUT2D eigenvalue weighted by molar-refractivity contribution is 4.87. The van der Waals surface area contributed by atoms with Crippen molar-refractivity contribution in [3.8, 4) is 0 Å². The lowest BCUT2D eigenvalue weighted by atomic mass is 9.91. The smallest absolute Gasteiger partial charge is 0.186 e. The first-order valence-electron chi connectivity index (χ1n) is 5.03. The first-order valence-corrected chi connectivity index (χ1v) is 5.03. The minimum absolute atomic E-state index is 0.0405. The van der Waals surface area contributed by atoms with Crippen LogP contribution in [0.3, 0.4) is 0 Å². The predicted molar refractivity (Wildman–Crippen MR) is 53.5 cm³/mol. The third kappa shape index (κ3) is 2.68. The number of ether oxygens (including phenoxy) is 4. The molecule has 0 aliphatic carbocycles. The third-order valence-corrected chi connectivity index (χ3v) is 2.87. The van der Waals surface area contributed by atoms with Gasteiger partial charge in [0.05, 0.1) is 18.8 Å². The van der Waals surface area contributed by atoms with Gasteiger partial charge in [-0.2, -0.15) is 0 Å². The molecule has 0 amide bonds. The molecule has 0 saturated carbocycles. The molecule has 5 heteroatoms. The highest BCUT2D eigenvalue weighted by atomic mass is 16.7. The molecule has 1 rings (SSSR count). The fourth-order valence-electron chi connectivity index (χ4n) is 1.85. The standard InChI is InChI=1S/C10H20O5/c1-6-7(5-12-2)15-10(14-4)9(13-3)8(6)11/h6-11H,5H2,1-4H3/t6-,7?,8-,9?,10+/m0/s1. The molecule has 1 aliphatic rings. The molecule has 15 heavy (non-hydrogen) atoms. The van der Waals surface area contributed by atoms with Crippen LogP contribution < -0.4 is 0 Å². The van der Waals surface area contributed by atoms with Gasteiger partial charge in [-0.25, -0.2) is 0 Å². The van der Waals surface area contributed by atoms with Crippen molar-refractivity contribution in [2.75, 3.05) is 27.9 Å². The maximum atomic E-state index is 10.00. The quantitative estimate of drug-likeness (QED) is 0.723. The van der Waals surface area contributed by atoms with Crippen molar-refractivity contribution in [1.82, 2.24) is 0 Å². The van der Waals surface area contributed by atoms with E-state index < -0.39 is 18.5 Å². The minimum atomic E-state index is -0.603. The molecule has 2 unspecified atom stereocenters. The summed E-state index contributed by atoms with van der Waals surface area (Å²) in [5.74, 6) is -0.0405. The number of aliphatic hydroxyl groups is 1. The van der Waals surface area contributed by atoms with Gasteiger partial charge in [0.15, 0.2) is 6.29 Å². The second-order valence-corrected chi connectivity index (χ2v) is 3.78. The van der Waals surface area contributed by atoms with Crippen LogP contribution in [0.2, 0.25) is 0 Å². The molecule has 1 aliphatic heterocycles. The number of methoxy groups -OCH3 is 3. The second kappa shape index (κ2) is 5.77. The fourth-order valence-corrected chi connectivity index (χ4v) is 1.85. The van der Waals surface area contributed by atoms with E-state index in [0.29, 0.717) is 6.61 Å². The molecule has 0 aromatic carbocycles. The van der Waals surface area contributed by atoms with Gasteiger partial charge >= 0.3 is 0 Å². The van der Waals surface area contributed by atoms with Crippen LogP contribution in [-0.4, -0.2) is 57.6 Å². The normalized spacial score (nSPS) is 41.8. The largest absolute Gasteiger partial charge is 0.390 e. The van der Waals surface area contributed by atoms with Gasteiger partial charge in [0.1, 0.15) is 6.10 Å². The van der Waals surface area contributed by atoms with Crippen molar-refractivity contribution in [1.29, 1.82) is 0 Å². The Balaban J connectivity index is 2.68. The summed E-state index contributed by atoms with van der Waals surface area (Å²) in [6, 6.07) is 0. The van der Waals surface area contributed by atoms with Crippen LogP contribution in [0.15, 0.2) is 0 Å². The van der Waals surface area contributed by atoms with Crippen molar-refractivity contribution in [2.45, 2.75) is 31.5 Å². The lowest BCUT2D eigenvalue weighted by Gasteiger charge is -2.42. The van der Waals surface area contributed by atoms with E-state index in [1.807, 2.05) is 6.92 Å². The van der Waals surface area contributed by atoms with Crippen molar-refractivity contribution in [3.05, 3.63) is 0 Å². The molecule has 0 bridgehead atoms. The van der Waals surface area contributed by atoms with Gasteiger partial charge in [-0.3, -0.25) is 0 Å². The fraction of sp³-hybridized carbons (Fsp3) is 1.00. The Morgan fingerprint density at radius 3 is 2.33 bits per heavy atom. The van der Waals surface area contributed by atoms with Crippen LogP contribution in [0.1, 0.15) is 6.92 Å². The molecule has 0 aromatic rings. The number of hydrogen-bond donors (Lipinski definition) is 1. The third-order valence-electron chi connectivity index (χ3n) is 2.87. The predicted octanol–water partition coefficient (Wildman–Crippen LogP) is 0.0161. The first kappa shape index (κ1) is 12.9. The highest BCUT2D eigenvalue weighted by Crippen LogP contribution is 2.27. The first-order chi connectivity index (χ1) is 7.15. The molecule has 0 radical (unpaired) electrons. The summed E-state index contributed by atoms with van der Waals surface area (Å²) in [5.41, 5.74) is 0. The molecular weight excluding hydrogens is 200 g/mol. The Morgan fingerprint density at radius 2 is 1.87 bits per heavy atom. The summed E-state index contributed by atoms with van der Waals surface area (Å²) in [4.78, 5) is 0. The van der Waals surface area contributed by atoms with Gasteiger partial charge < -0.3 is 24.1 Å². The van der Waals surface area contributed by atoms with E-state index >= 15 is 0 Å². The zero-order valence-electron chi connectivity index (χ0n) is 9.67. The van der Waals surface area contributed by atoms with Crippen LogP contribution in [0.5, 0.6) is 0 Å². The molecule has 1 heterocycles. The van der Waals surface area contributed by atoms with Crippen molar-refractivity contribution in [3.63, 3.8) is 0 Å². The lowest BCUT2D eigenvalue weighted by molar-refractivity contribution is -0.286. The summed E-state index contributed by atoms with van der Waals surface area (Å²) in [6.07, 6.45) is -1.75. The highest BCUT2D eigenvalue weighted by Gasteiger charge is 2.43. The molecule has 1 fully saturated rings. The number of rotatable bonds is 4. The van der Waals surface area contributed by atoms with Gasteiger partial charge in [0, 0.05) is 27.2 Å². The van der Waals surface area contributed by atoms with Crippen molar-refractivity contribution in [2.24, 2.45) is 5.92 Å². The summed E-state index contributed by atoms with van der Waals surface area (Å²) < 4.78 is 20.9. The Morgan fingerprint density at radius 1 is 1.20 bits per heavy atom. The minimum Gasteiger partial charge on any atom is -0.390 e. The van der Waals surface area contributed by atoms with Crippen LogP contribution in [0.4, 0.5) is 0 Å². The van der Waals surface area contributed by atoms with E-state index in [4.69, 9.17) is 18.9 Å². The Kier molecular flexibility index (Phi) is 4.95. The maximum Gasteiger partial charge on any atom is 0.186 e. The molecule has 0 spiro atoms. The summed E-state index contributed by atoms with van der Waals surface area (Å²) in [7, 11) is 4.67. The molecule has 1 saturated heterocycles. The molecule has 0 aromatic heterocycles. The average Bonchev–Trinajstić information content (AvgIpc) is 2.24. The van der Waals surface area contributed by atoms with E-state index in [1.165, 1.54) is 14.2 Å². The maximum absolute atomic E-state index is 10.00. The second-order valence-electron chi connectivity index (χ2n) is 3.78. The Hall–Kier alpha value is -0.200. The SMILES string of the molecule is COCC1O[C@@H](OC)C(OC)[C@@H](O)[C@H]1C. The Bertz CT molecular complexity index is 183. The van der Waals surface area contributed by atoms with Gasteiger partial charge in [0.2, 0.25) is 0 Å². The Labute approximate surface area is 90.3 Å². The van der Waals surface area contributed by atoms with E-state index in [0.717, 1.165) is 0 Å². The van der Waals surface area contributed by atoms with Crippen LogP contribution in [-0.2, 0) is 18.9 Å². The lowest BCUT2D eigenvalue weighted by Crippen LogP contribution is -2.55. The van der Waals surface area contributed by atoms with Crippen molar-refractivity contribution < 1.29 is 24.1 Å². The van der Waals surface area contributed by atoms with Crippen LogP contribution in [0, 0.1) is 5.92 Å². The molecule has 5 atom stereocenters. The monoisotopic (exact) mass is 220 g/mol.